The summed E-state index contributed by atoms with van der Waals surface area (Å²) in [5.41, 5.74) is 4.77. The van der Waals surface area contributed by atoms with Gasteiger partial charge in [0.05, 0.1) is 23.1 Å². The van der Waals surface area contributed by atoms with Gasteiger partial charge < -0.3 is 5.32 Å². The van der Waals surface area contributed by atoms with Crippen LogP contribution in [0.3, 0.4) is 0 Å². The van der Waals surface area contributed by atoms with Gasteiger partial charge in [0.2, 0.25) is 11.8 Å². The van der Waals surface area contributed by atoms with Gasteiger partial charge in [-0.3, -0.25) is 14.4 Å². The fourth-order valence-corrected chi connectivity index (χ4v) is 6.72. The van der Waals surface area contributed by atoms with Gasteiger partial charge in [-0.1, -0.05) is 54.6 Å². The van der Waals surface area contributed by atoms with Crippen LogP contribution in [-0.2, 0) is 9.59 Å². The van der Waals surface area contributed by atoms with Gasteiger partial charge in [-0.15, -0.1) is 0 Å². The summed E-state index contributed by atoms with van der Waals surface area (Å²) in [5.74, 6) is -0.508. The first-order valence-electron chi connectivity index (χ1n) is 12.3. The van der Waals surface area contributed by atoms with Crippen LogP contribution in [0.5, 0.6) is 0 Å². The van der Waals surface area contributed by atoms with Crippen molar-refractivity contribution in [2.45, 2.75) is 32.6 Å². The average molecular weight is 465 g/mol. The fourth-order valence-electron chi connectivity index (χ4n) is 6.72. The van der Waals surface area contributed by atoms with Crippen LogP contribution in [0.25, 0.3) is 0 Å². The molecule has 176 valence electrons. The number of hydrogen-bond donors (Lipinski definition) is 1. The predicted octanol–water partition coefficient (Wildman–Crippen LogP) is 5.48. The minimum atomic E-state index is -0.322. The van der Waals surface area contributed by atoms with E-state index in [-0.39, 0.29) is 41.4 Å². The number of rotatable bonds is 4. The van der Waals surface area contributed by atoms with Gasteiger partial charge in [-0.25, -0.2) is 4.90 Å². The van der Waals surface area contributed by atoms with Gasteiger partial charge in [-0.2, -0.15) is 0 Å². The molecule has 3 aromatic rings. The van der Waals surface area contributed by atoms with Crippen LogP contribution in [0.1, 0.15) is 45.8 Å². The first-order chi connectivity index (χ1) is 17.0. The van der Waals surface area contributed by atoms with Crippen molar-refractivity contribution < 1.29 is 14.4 Å². The van der Waals surface area contributed by atoms with E-state index in [1.54, 1.807) is 24.3 Å². The average Bonchev–Trinajstić information content (AvgIpc) is 3.54. The zero-order valence-corrected chi connectivity index (χ0v) is 19.9. The number of imide groups is 1. The summed E-state index contributed by atoms with van der Waals surface area (Å²) in [6.45, 7) is 3.96. The molecule has 35 heavy (non-hydrogen) atoms. The van der Waals surface area contributed by atoms with Crippen molar-refractivity contribution in [1.82, 2.24) is 0 Å². The highest BCUT2D eigenvalue weighted by Gasteiger charge is 2.64. The standard InChI is InChI=1S/C30H28N2O3/c1-17-9-8-13-24(18(17)2)31-28(33)21-12-6-7-14-25(21)32-29(34)26-20-15-22(19-10-4-3-5-11-19)23(16-20)27(26)30(32)35/h3-14,20,22-23,26-27H,15-16H2,1-2H3,(H,31,33)/t20-,22+,23+,26+,27+/m0/s1. The smallest absolute Gasteiger partial charge is 0.257 e. The topological polar surface area (TPSA) is 66.5 Å². The van der Waals surface area contributed by atoms with Crippen LogP contribution in [-0.4, -0.2) is 17.7 Å². The van der Waals surface area contributed by atoms with E-state index in [1.165, 1.54) is 10.5 Å². The van der Waals surface area contributed by atoms with Crippen LogP contribution >= 0.6 is 0 Å². The number of benzene rings is 3. The Morgan fingerprint density at radius 3 is 2.34 bits per heavy atom. The van der Waals surface area contributed by atoms with Crippen LogP contribution < -0.4 is 10.2 Å². The number of carbonyl (C=O) groups excluding carboxylic acids is 3. The molecule has 2 aliphatic carbocycles. The third kappa shape index (κ3) is 3.33. The third-order valence-corrected chi connectivity index (χ3v) is 8.49. The van der Waals surface area contributed by atoms with Crippen molar-refractivity contribution in [2.75, 3.05) is 10.2 Å². The molecule has 5 nitrogen and oxygen atoms in total. The molecule has 2 bridgehead atoms. The first kappa shape index (κ1) is 21.8. The van der Waals surface area contributed by atoms with Gasteiger partial charge in [0.15, 0.2) is 0 Å². The van der Waals surface area contributed by atoms with E-state index < -0.39 is 0 Å². The first-order valence-corrected chi connectivity index (χ1v) is 12.3. The highest BCUT2D eigenvalue weighted by atomic mass is 16.2. The summed E-state index contributed by atoms with van der Waals surface area (Å²) < 4.78 is 0. The number of aryl methyl sites for hydroxylation is 1. The monoisotopic (exact) mass is 464 g/mol. The van der Waals surface area contributed by atoms with Gasteiger partial charge in [0.1, 0.15) is 0 Å². The van der Waals surface area contributed by atoms with E-state index >= 15 is 0 Å². The van der Waals surface area contributed by atoms with E-state index in [0.29, 0.717) is 17.2 Å². The van der Waals surface area contributed by atoms with Crippen LogP contribution in [0.4, 0.5) is 11.4 Å². The molecular weight excluding hydrogens is 436 g/mol. The van der Waals surface area contributed by atoms with Gasteiger partial charge in [0, 0.05) is 5.69 Å². The van der Waals surface area contributed by atoms with E-state index in [1.807, 2.05) is 50.2 Å². The van der Waals surface area contributed by atoms with Crippen LogP contribution in [0, 0.1) is 37.5 Å². The lowest BCUT2D eigenvalue weighted by Gasteiger charge is -2.28. The number of amides is 3. The highest BCUT2D eigenvalue weighted by molar-refractivity contribution is 6.25. The van der Waals surface area contributed by atoms with E-state index in [4.69, 9.17) is 0 Å². The molecule has 1 N–H and O–H groups in total. The fraction of sp³-hybridized carbons (Fsp3) is 0.300. The Hall–Kier alpha value is -3.73. The molecule has 2 saturated carbocycles. The molecule has 0 aromatic heterocycles. The maximum Gasteiger partial charge on any atom is 0.257 e. The third-order valence-electron chi connectivity index (χ3n) is 8.49. The molecule has 3 aliphatic rings. The Bertz CT molecular complexity index is 1350. The molecular formula is C30H28N2O3. The largest absolute Gasteiger partial charge is 0.322 e. The maximum atomic E-state index is 13.8. The Kier molecular flexibility index (Phi) is 5.10. The molecule has 1 heterocycles. The predicted molar refractivity (Wildman–Crippen MR) is 135 cm³/mol. The zero-order chi connectivity index (χ0) is 24.3. The molecule has 6 rings (SSSR count). The molecule has 1 saturated heterocycles. The van der Waals surface area contributed by atoms with Gasteiger partial charge in [-0.05, 0) is 79.3 Å². The summed E-state index contributed by atoms with van der Waals surface area (Å²) in [6.07, 6.45) is 1.87. The Morgan fingerprint density at radius 2 is 1.54 bits per heavy atom. The SMILES string of the molecule is Cc1cccc(NC(=O)c2ccccc2N2C(=O)[C@@H]3[C@@H]4C[C@@H]([C@H]3C2=O)[C@@H](c2ccccc2)C4)c1C. The minimum Gasteiger partial charge on any atom is -0.322 e. The molecule has 5 atom stereocenters. The summed E-state index contributed by atoms with van der Waals surface area (Å²) in [7, 11) is 0. The maximum absolute atomic E-state index is 13.8. The zero-order valence-electron chi connectivity index (χ0n) is 19.9. The molecule has 1 aliphatic heterocycles. The lowest BCUT2D eigenvalue weighted by Crippen LogP contribution is -2.34. The minimum absolute atomic E-state index is 0.147. The van der Waals surface area contributed by atoms with Crippen molar-refractivity contribution >= 4 is 29.1 Å². The summed E-state index contributed by atoms with van der Waals surface area (Å²) >= 11 is 0. The van der Waals surface area contributed by atoms with Crippen molar-refractivity contribution in [3.63, 3.8) is 0 Å². The van der Waals surface area contributed by atoms with Gasteiger partial charge >= 0.3 is 0 Å². The van der Waals surface area contributed by atoms with Crippen molar-refractivity contribution in [3.05, 3.63) is 95.1 Å². The van der Waals surface area contributed by atoms with Crippen molar-refractivity contribution in [2.24, 2.45) is 23.7 Å². The Morgan fingerprint density at radius 1 is 0.829 bits per heavy atom. The van der Waals surface area contributed by atoms with E-state index in [9.17, 15) is 14.4 Å². The number of hydrogen-bond acceptors (Lipinski definition) is 3. The molecule has 0 radical (unpaired) electrons. The quantitative estimate of drug-likeness (QED) is 0.520. The summed E-state index contributed by atoms with van der Waals surface area (Å²) in [4.78, 5) is 42.0. The second kappa shape index (κ2) is 8.19. The molecule has 3 amide bonds. The molecule has 3 fully saturated rings. The number of nitrogens with zero attached hydrogens (tertiary/aromatic N) is 1. The summed E-state index contributed by atoms with van der Waals surface area (Å²) in [6, 6.07) is 23.0. The molecule has 0 unspecified atom stereocenters. The van der Waals surface area contributed by atoms with Crippen molar-refractivity contribution in [1.29, 1.82) is 0 Å². The Labute approximate surface area is 205 Å². The van der Waals surface area contributed by atoms with Gasteiger partial charge in [0.25, 0.3) is 5.91 Å². The highest BCUT2D eigenvalue weighted by Crippen LogP contribution is 2.62. The number of carbonyl (C=O) groups is 3. The lowest BCUT2D eigenvalue weighted by atomic mass is 9.73. The van der Waals surface area contributed by atoms with E-state index in [0.717, 1.165) is 29.7 Å². The number of para-hydroxylation sites is 1. The normalized spacial score (nSPS) is 26.8. The lowest BCUT2D eigenvalue weighted by molar-refractivity contribution is -0.123. The summed E-state index contributed by atoms with van der Waals surface area (Å²) in [5, 5.41) is 2.98. The second-order valence-corrected chi connectivity index (χ2v) is 10.2. The van der Waals surface area contributed by atoms with Crippen LogP contribution in [0.15, 0.2) is 72.8 Å². The number of nitrogens with one attached hydrogen (secondary N) is 1. The molecule has 0 spiro atoms. The second-order valence-electron chi connectivity index (χ2n) is 10.2. The number of anilines is 2. The molecule has 3 aromatic carbocycles. The Balaban J connectivity index is 1.31. The van der Waals surface area contributed by atoms with Crippen LogP contribution in [0.2, 0.25) is 0 Å². The van der Waals surface area contributed by atoms with E-state index in [2.05, 4.69) is 17.4 Å². The van der Waals surface area contributed by atoms with Crippen molar-refractivity contribution in [3.8, 4) is 0 Å². The number of fused-ring (bicyclic) bond motifs is 5. The molecule has 5 heteroatoms.